The number of fused-ring (bicyclic) bond motifs is 6. The summed E-state index contributed by atoms with van der Waals surface area (Å²) in [5.41, 5.74) is 11.5. The molecule has 0 bridgehead atoms. The fourth-order valence-corrected chi connectivity index (χ4v) is 8.85. The number of hydrogen-bond acceptors (Lipinski definition) is 4. The third-order valence-electron chi connectivity index (χ3n) is 11.2. The molecule has 0 spiro atoms. The molecule has 0 aliphatic rings. The number of hydrogen-bond donors (Lipinski definition) is 0. The van der Waals surface area contributed by atoms with E-state index in [0.29, 0.717) is 23.0 Å². The van der Waals surface area contributed by atoms with Gasteiger partial charge >= 0.3 is 0 Å². The summed E-state index contributed by atoms with van der Waals surface area (Å²) >= 11 is 2.91. The second kappa shape index (κ2) is 14.1. The van der Waals surface area contributed by atoms with Gasteiger partial charge in [-0.15, -0.1) is 4.43 Å². The molecular weight excluding hydrogens is 736 g/mol. The summed E-state index contributed by atoms with van der Waals surface area (Å²) in [6, 6.07) is 67.1. The molecule has 0 fully saturated rings. The molecule has 272 valence electrons. The van der Waals surface area contributed by atoms with Crippen molar-refractivity contribution < 1.29 is 0 Å². The van der Waals surface area contributed by atoms with Crippen molar-refractivity contribution in [1.29, 1.82) is 5.26 Å². The van der Waals surface area contributed by atoms with Gasteiger partial charge in [0.2, 0.25) is 0 Å². The summed E-state index contributed by atoms with van der Waals surface area (Å²) in [6.07, 6.45) is 0. The molecule has 0 saturated heterocycles. The minimum atomic E-state index is 0.589. The van der Waals surface area contributed by atoms with E-state index in [2.05, 4.69) is 147 Å². The van der Waals surface area contributed by atoms with Gasteiger partial charge in [0.25, 0.3) is 0 Å². The standard InChI is InChI=1S/C52H31N6.Al/c53-33-38-19-14-26-48(58-44-24-12-10-22-40(44)41-23-11-13-25-45(41)58)49(38)36-27-29-46-42(31-36)43-32-37(28-30-47(43)57(46)39-20-8-3-9-21-39)52-55-50(34-15-4-1-5-16-34)54-51(56-52)35-17-6-2-7-18-35;/h1-20,22-32H;. The largest absolute Gasteiger partial charge is 0.311 e. The molecule has 7 heteroatoms. The maximum absolute atomic E-state index is 10.7. The van der Waals surface area contributed by atoms with E-state index >= 15 is 0 Å². The first kappa shape index (κ1) is 34.6. The maximum Gasteiger partial charge on any atom is 0.179 e. The SMILES string of the molecule is N#Cc1cccc(-n2c3ccccc3c3ccccc32)c1-c1ccc2c(c1)c1cc(-c3nc(-c4ccccc4)nc(-c4ccccc4)n3)ccc1n2-c1cccc[c]1[Al]. The lowest BCUT2D eigenvalue weighted by Crippen LogP contribution is -2.11. The highest BCUT2D eigenvalue weighted by Gasteiger charge is 2.21. The summed E-state index contributed by atoms with van der Waals surface area (Å²) in [5.74, 6) is 1.82. The Hall–Kier alpha value is -7.61. The van der Waals surface area contributed by atoms with Gasteiger partial charge in [0, 0.05) is 49.5 Å². The topological polar surface area (TPSA) is 72.3 Å². The van der Waals surface area contributed by atoms with Crippen LogP contribution in [0.4, 0.5) is 0 Å². The summed E-state index contributed by atoms with van der Waals surface area (Å²) in [4.78, 5) is 15.1. The van der Waals surface area contributed by atoms with Crippen LogP contribution < -0.4 is 4.43 Å². The lowest BCUT2D eigenvalue weighted by molar-refractivity contribution is 1.07. The predicted molar refractivity (Wildman–Crippen MR) is 240 cm³/mol. The molecule has 3 heterocycles. The summed E-state index contributed by atoms with van der Waals surface area (Å²) in [6.45, 7) is 0. The van der Waals surface area contributed by atoms with Crippen molar-refractivity contribution in [2.75, 3.05) is 0 Å². The van der Waals surface area contributed by atoms with E-state index in [4.69, 9.17) is 15.0 Å². The molecule has 2 radical (unpaired) electrons. The van der Waals surface area contributed by atoms with Crippen molar-refractivity contribution in [2.24, 2.45) is 0 Å². The zero-order valence-electron chi connectivity index (χ0n) is 31.7. The van der Waals surface area contributed by atoms with Crippen LogP contribution in [0.15, 0.2) is 188 Å². The number of rotatable bonds is 6. The second-order valence-corrected chi connectivity index (χ2v) is 15.2. The Labute approximate surface area is 348 Å². The fourth-order valence-electron chi connectivity index (χ4n) is 8.51. The number of para-hydroxylation sites is 3. The number of nitriles is 1. The Morgan fingerprint density at radius 1 is 0.390 bits per heavy atom. The molecule has 11 rings (SSSR count). The van der Waals surface area contributed by atoms with Crippen LogP contribution in [0.3, 0.4) is 0 Å². The third-order valence-corrected chi connectivity index (χ3v) is 11.7. The van der Waals surface area contributed by atoms with E-state index < -0.39 is 0 Å². The Morgan fingerprint density at radius 2 is 0.847 bits per heavy atom. The molecule has 8 aromatic carbocycles. The zero-order valence-corrected chi connectivity index (χ0v) is 32.8. The van der Waals surface area contributed by atoms with Crippen LogP contribution in [0.2, 0.25) is 0 Å². The zero-order chi connectivity index (χ0) is 39.5. The van der Waals surface area contributed by atoms with E-state index in [0.717, 1.165) is 76.5 Å². The number of aromatic nitrogens is 5. The van der Waals surface area contributed by atoms with Crippen molar-refractivity contribution in [1.82, 2.24) is 24.1 Å². The highest BCUT2D eigenvalue weighted by atomic mass is 27.0. The number of nitrogens with zero attached hydrogens (tertiary/aromatic N) is 6. The van der Waals surface area contributed by atoms with Gasteiger partial charge < -0.3 is 9.13 Å². The molecule has 0 N–H and O–H groups in total. The van der Waals surface area contributed by atoms with Gasteiger partial charge in [0.1, 0.15) is 0 Å². The van der Waals surface area contributed by atoms with E-state index in [-0.39, 0.29) is 0 Å². The van der Waals surface area contributed by atoms with Crippen molar-refractivity contribution in [3.8, 4) is 62.7 Å². The first-order valence-corrected chi connectivity index (χ1v) is 20.0. The van der Waals surface area contributed by atoms with Gasteiger partial charge in [0.15, 0.2) is 33.8 Å². The molecule has 0 unspecified atom stereocenters. The number of benzene rings is 8. The summed E-state index contributed by atoms with van der Waals surface area (Å²) in [5, 5.41) is 15.1. The Kier molecular flexibility index (Phi) is 8.27. The van der Waals surface area contributed by atoms with Crippen molar-refractivity contribution in [2.45, 2.75) is 0 Å². The first-order valence-electron chi connectivity index (χ1n) is 19.5. The molecule has 0 aliphatic carbocycles. The summed E-state index contributed by atoms with van der Waals surface area (Å²) < 4.78 is 5.70. The molecule has 59 heavy (non-hydrogen) atoms. The van der Waals surface area contributed by atoms with Gasteiger partial charge in [-0.05, 0) is 66.2 Å². The molecule has 3 aromatic heterocycles. The normalized spacial score (nSPS) is 11.4. The fraction of sp³-hybridized carbons (Fsp3) is 0. The van der Waals surface area contributed by atoms with Crippen molar-refractivity contribution >= 4 is 64.3 Å². The van der Waals surface area contributed by atoms with E-state index in [9.17, 15) is 5.26 Å². The van der Waals surface area contributed by atoms with Crippen LogP contribution >= 0.6 is 0 Å². The predicted octanol–water partition coefficient (Wildman–Crippen LogP) is 11.4. The Bertz CT molecular complexity index is 3360. The average molecular weight is 767 g/mol. The molecular formula is C52H31AlN6. The molecule has 0 amide bonds. The second-order valence-electron chi connectivity index (χ2n) is 14.6. The quantitative estimate of drug-likeness (QED) is 0.158. The van der Waals surface area contributed by atoms with Gasteiger partial charge in [-0.25, -0.2) is 15.0 Å². The lowest BCUT2D eigenvalue weighted by atomic mass is 9.96. The van der Waals surface area contributed by atoms with Crippen molar-refractivity contribution in [3.05, 3.63) is 194 Å². The molecule has 11 aromatic rings. The van der Waals surface area contributed by atoms with Crippen LogP contribution in [-0.4, -0.2) is 40.4 Å². The Morgan fingerprint density at radius 3 is 1.44 bits per heavy atom. The molecule has 0 saturated carbocycles. The minimum absolute atomic E-state index is 0.589. The average Bonchev–Trinajstić information content (AvgIpc) is 3.81. The van der Waals surface area contributed by atoms with Crippen LogP contribution in [0.1, 0.15) is 5.56 Å². The third kappa shape index (κ3) is 5.74. The molecule has 0 atom stereocenters. The highest BCUT2D eigenvalue weighted by molar-refractivity contribution is 6.35. The lowest BCUT2D eigenvalue weighted by Gasteiger charge is -2.16. The summed E-state index contributed by atoms with van der Waals surface area (Å²) in [7, 11) is 0. The van der Waals surface area contributed by atoms with E-state index in [1.807, 2.05) is 72.8 Å². The Balaban J connectivity index is 1.18. The van der Waals surface area contributed by atoms with Crippen molar-refractivity contribution in [3.63, 3.8) is 0 Å². The van der Waals surface area contributed by atoms with Crippen LogP contribution in [-0.2, 0) is 0 Å². The molecule has 6 nitrogen and oxygen atoms in total. The van der Waals surface area contributed by atoms with Crippen LogP contribution in [0.25, 0.3) is 100 Å². The monoisotopic (exact) mass is 766 g/mol. The maximum atomic E-state index is 10.7. The van der Waals surface area contributed by atoms with E-state index in [1.165, 1.54) is 10.8 Å². The highest BCUT2D eigenvalue weighted by Crippen LogP contribution is 2.41. The first-order chi connectivity index (χ1) is 29.1. The van der Waals surface area contributed by atoms with Crippen LogP contribution in [0.5, 0.6) is 0 Å². The van der Waals surface area contributed by atoms with Gasteiger partial charge in [-0.2, -0.15) is 5.26 Å². The van der Waals surface area contributed by atoms with Gasteiger partial charge in [-0.3, -0.25) is 0 Å². The van der Waals surface area contributed by atoms with Crippen LogP contribution in [0, 0.1) is 11.3 Å². The smallest absolute Gasteiger partial charge is 0.179 e. The van der Waals surface area contributed by atoms with Gasteiger partial charge in [0.05, 0.1) is 39.4 Å². The van der Waals surface area contributed by atoms with E-state index in [1.54, 1.807) is 0 Å². The molecule has 0 aliphatic heterocycles. The van der Waals surface area contributed by atoms with Gasteiger partial charge in [-0.1, -0.05) is 127 Å². The minimum Gasteiger partial charge on any atom is -0.311 e.